The molecule has 98 valence electrons. The molecular formula is C13H25N3O. The normalized spacial score (nSPS) is 14.8. The quantitative estimate of drug-likeness (QED) is 0.751. The Labute approximate surface area is 104 Å². The summed E-state index contributed by atoms with van der Waals surface area (Å²) < 4.78 is 7.15. The molecule has 0 aliphatic carbocycles. The van der Waals surface area contributed by atoms with Gasteiger partial charge in [-0.2, -0.15) is 5.10 Å². The summed E-state index contributed by atoms with van der Waals surface area (Å²) in [7, 11) is 3.73. The molecule has 17 heavy (non-hydrogen) atoms. The molecule has 2 unspecified atom stereocenters. The maximum atomic E-state index is 5.29. The molecular weight excluding hydrogens is 214 g/mol. The van der Waals surface area contributed by atoms with Crippen LogP contribution in [0.2, 0.25) is 0 Å². The fourth-order valence-corrected chi connectivity index (χ4v) is 1.98. The molecule has 1 heterocycles. The number of likely N-dealkylation sites (N-methyl/N-ethyl adjacent to an activating group) is 1. The van der Waals surface area contributed by atoms with Gasteiger partial charge in [-0.05, 0) is 38.3 Å². The van der Waals surface area contributed by atoms with Crippen LogP contribution in [-0.4, -0.2) is 35.6 Å². The summed E-state index contributed by atoms with van der Waals surface area (Å²) in [6.45, 7) is 5.27. The van der Waals surface area contributed by atoms with Gasteiger partial charge < -0.3 is 10.1 Å². The third-order valence-electron chi connectivity index (χ3n) is 3.06. The number of ether oxygens (including phenoxy) is 1. The molecule has 0 amide bonds. The van der Waals surface area contributed by atoms with Crippen LogP contribution < -0.4 is 5.32 Å². The molecule has 1 rings (SSSR count). The predicted octanol–water partition coefficient (Wildman–Crippen LogP) is 1.76. The predicted molar refractivity (Wildman–Crippen MR) is 70.1 cm³/mol. The molecule has 0 bridgehead atoms. The molecule has 0 saturated carbocycles. The van der Waals surface area contributed by atoms with Gasteiger partial charge in [-0.25, -0.2) is 0 Å². The van der Waals surface area contributed by atoms with Crippen molar-refractivity contribution < 1.29 is 4.74 Å². The maximum Gasteiger partial charge on any atom is 0.0543 e. The van der Waals surface area contributed by atoms with Gasteiger partial charge in [0, 0.05) is 26.4 Å². The van der Waals surface area contributed by atoms with Crippen LogP contribution in [0.4, 0.5) is 0 Å². The van der Waals surface area contributed by atoms with Crippen molar-refractivity contribution in [2.75, 3.05) is 13.7 Å². The van der Waals surface area contributed by atoms with Crippen molar-refractivity contribution in [3.05, 3.63) is 18.0 Å². The van der Waals surface area contributed by atoms with E-state index in [0.29, 0.717) is 12.1 Å². The highest BCUT2D eigenvalue weighted by Gasteiger charge is 2.11. The van der Waals surface area contributed by atoms with Gasteiger partial charge in [0.2, 0.25) is 0 Å². The van der Waals surface area contributed by atoms with Gasteiger partial charge in [-0.3, -0.25) is 4.68 Å². The number of aryl methyl sites for hydroxylation is 1. The van der Waals surface area contributed by atoms with Crippen molar-refractivity contribution in [3.63, 3.8) is 0 Å². The molecule has 2 atom stereocenters. The molecule has 0 saturated heterocycles. The van der Waals surface area contributed by atoms with Crippen molar-refractivity contribution in [2.45, 2.75) is 45.3 Å². The Balaban J connectivity index is 2.42. The first-order valence-corrected chi connectivity index (χ1v) is 6.39. The van der Waals surface area contributed by atoms with Crippen LogP contribution in [0, 0.1) is 0 Å². The lowest BCUT2D eigenvalue weighted by molar-refractivity contribution is 0.106. The number of hydrogen-bond donors (Lipinski definition) is 1. The lowest BCUT2D eigenvalue weighted by Gasteiger charge is -2.19. The number of aromatic nitrogens is 2. The third kappa shape index (κ3) is 5.33. The number of hydrogen-bond acceptors (Lipinski definition) is 3. The Morgan fingerprint density at radius 3 is 2.76 bits per heavy atom. The number of methoxy groups -OCH3 is 1. The highest BCUT2D eigenvalue weighted by atomic mass is 16.5. The molecule has 0 aliphatic heterocycles. The molecule has 0 aliphatic rings. The lowest BCUT2D eigenvalue weighted by Crippen LogP contribution is -2.31. The summed E-state index contributed by atoms with van der Waals surface area (Å²) in [6.07, 6.45) is 7.64. The van der Waals surface area contributed by atoms with Crippen LogP contribution in [-0.2, 0) is 18.2 Å². The summed E-state index contributed by atoms with van der Waals surface area (Å²) in [5.41, 5.74) is 1.29. The molecule has 4 heteroatoms. The van der Waals surface area contributed by atoms with Crippen LogP contribution in [0.3, 0.4) is 0 Å². The lowest BCUT2D eigenvalue weighted by atomic mass is 10.0. The minimum absolute atomic E-state index is 0.338. The monoisotopic (exact) mass is 239 g/mol. The van der Waals surface area contributed by atoms with E-state index in [0.717, 1.165) is 25.8 Å². The fourth-order valence-electron chi connectivity index (χ4n) is 1.98. The summed E-state index contributed by atoms with van der Waals surface area (Å²) in [5.74, 6) is 0. The second-order valence-electron chi connectivity index (χ2n) is 4.60. The van der Waals surface area contributed by atoms with Crippen molar-refractivity contribution in [3.8, 4) is 0 Å². The topological polar surface area (TPSA) is 39.1 Å². The highest BCUT2D eigenvalue weighted by molar-refractivity contribution is 5.05. The number of nitrogens with one attached hydrogen (secondary N) is 1. The van der Waals surface area contributed by atoms with Gasteiger partial charge in [-0.15, -0.1) is 0 Å². The third-order valence-corrected chi connectivity index (χ3v) is 3.06. The molecule has 1 N–H and O–H groups in total. The molecule has 1 aromatic heterocycles. The Hall–Kier alpha value is -0.870. The maximum absolute atomic E-state index is 5.29. The first-order valence-electron chi connectivity index (χ1n) is 6.39. The van der Waals surface area contributed by atoms with Gasteiger partial charge in [0.05, 0.1) is 12.3 Å². The van der Waals surface area contributed by atoms with Gasteiger partial charge in [-0.1, -0.05) is 6.92 Å². The number of rotatable bonds is 8. The van der Waals surface area contributed by atoms with Crippen LogP contribution in [0.5, 0.6) is 0 Å². The molecule has 0 fully saturated rings. The SMILES string of the molecule is CCNC(CCC(C)OC)Cc1cnn(C)c1. The molecule has 0 radical (unpaired) electrons. The van der Waals surface area contributed by atoms with E-state index in [1.807, 2.05) is 17.9 Å². The van der Waals surface area contributed by atoms with Crippen LogP contribution in [0.25, 0.3) is 0 Å². The second kappa shape index (κ2) is 7.45. The highest BCUT2D eigenvalue weighted by Crippen LogP contribution is 2.09. The second-order valence-corrected chi connectivity index (χ2v) is 4.60. The largest absolute Gasteiger partial charge is 0.382 e. The van der Waals surface area contributed by atoms with Crippen LogP contribution >= 0.6 is 0 Å². The Kier molecular flexibility index (Phi) is 6.22. The zero-order valence-electron chi connectivity index (χ0n) is 11.4. The van der Waals surface area contributed by atoms with Gasteiger partial charge in [0.15, 0.2) is 0 Å². The Morgan fingerprint density at radius 2 is 2.24 bits per heavy atom. The van der Waals surface area contributed by atoms with Crippen molar-refractivity contribution in [1.29, 1.82) is 0 Å². The molecule has 4 nitrogen and oxygen atoms in total. The summed E-state index contributed by atoms with van der Waals surface area (Å²) >= 11 is 0. The summed E-state index contributed by atoms with van der Waals surface area (Å²) in [4.78, 5) is 0. The Morgan fingerprint density at radius 1 is 1.47 bits per heavy atom. The zero-order valence-corrected chi connectivity index (χ0v) is 11.4. The average Bonchev–Trinajstić information content (AvgIpc) is 2.71. The van der Waals surface area contributed by atoms with E-state index < -0.39 is 0 Å². The zero-order chi connectivity index (χ0) is 12.7. The first kappa shape index (κ1) is 14.2. The van der Waals surface area contributed by atoms with Gasteiger partial charge >= 0.3 is 0 Å². The smallest absolute Gasteiger partial charge is 0.0543 e. The Bertz CT molecular complexity index is 311. The van der Waals surface area contributed by atoms with Crippen LogP contribution in [0.1, 0.15) is 32.3 Å². The van der Waals surface area contributed by atoms with E-state index in [1.54, 1.807) is 7.11 Å². The van der Waals surface area contributed by atoms with E-state index in [2.05, 4.69) is 30.5 Å². The fraction of sp³-hybridized carbons (Fsp3) is 0.769. The van der Waals surface area contributed by atoms with E-state index in [4.69, 9.17) is 4.74 Å². The van der Waals surface area contributed by atoms with Crippen molar-refractivity contribution in [1.82, 2.24) is 15.1 Å². The van der Waals surface area contributed by atoms with Gasteiger partial charge in [0.25, 0.3) is 0 Å². The minimum Gasteiger partial charge on any atom is -0.382 e. The van der Waals surface area contributed by atoms with Gasteiger partial charge in [0.1, 0.15) is 0 Å². The molecule has 0 spiro atoms. The van der Waals surface area contributed by atoms with Crippen LogP contribution in [0.15, 0.2) is 12.4 Å². The van der Waals surface area contributed by atoms with E-state index in [9.17, 15) is 0 Å². The average molecular weight is 239 g/mol. The van der Waals surface area contributed by atoms with E-state index in [-0.39, 0.29) is 0 Å². The first-order chi connectivity index (χ1) is 8.15. The summed E-state index contributed by atoms with van der Waals surface area (Å²) in [5, 5.41) is 7.73. The van der Waals surface area contributed by atoms with E-state index in [1.165, 1.54) is 5.56 Å². The van der Waals surface area contributed by atoms with E-state index >= 15 is 0 Å². The summed E-state index contributed by atoms with van der Waals surface area (Å²) in [6, 6.07) is 0.516. The minimum atomic E-state index is 0.338. The number of nitrogens with zero attached hydrogens (tertiary/aromatic N) is 2. The van der Waals surface area contributed by atoms with Crippen molar-refractivity contribution in [2.24, 2.45) is 7.05 Å². The van der Waals surface area contributed by atoms with Crippen molar-refractivity contribution >= 4 is 0 Å². The molecule has 0 aromatic carbocycles. The standard InChI is InChI=1S/C13H25N3O/c1-5-14-13(7-6-11(2)17-4)8-12-9-15-16(3)10-12/h9-11,13-14H,5-8H2,1-4H3. The molecule has 1 aromatic rings.